The van der Waals surface area contributed by atoms with Crippen LogP contribution in [0.4, 0.5) is 0 Å². The Morgan fingerprint density at radius 1 is 0.909 bits per heavy atom. The average molecular weight is 445 g/mol. The van der Waals surface area contributed by atoms with Crippen LogP contribution in [0.1, 0.15) is 15.9 Å². The molecule has 0 saturated carbocycles. The fourth-order valence-corrected chi connectivity index (χ4v) is 4.37. The summed E-state index contributed by atoms with van der Waals surface area (Å²) in [4.78, 5) is 30.3. The Bertz CT molecular complexity index is 1150. The second kappa shape index (κ2) is 9.77. The molecule has 3 aromatic rings. The molecule has 0 aromatic heterocycles. The van der Waals surface area contributed by atoms with E-state index in [1.54, 1.807) is 35.0 Å². The molecule has 2 amide bonds. The molecule has 6 heteroatoms. The van der Waals surface area contributed by atoms with Gasteiger partial charge in [0.15, 0.2) is 11.5 Å². The van der Waals surface area contributed by atoms with Gasteiger partial charge in [0.2, 0.25) is 5.91 Å². The number of nitrogens with zero attached hydrogens (tertiary/aromatic N) is 2. The molecule has 1 aliphatic heterocycles. The van der Waals surface area contributed by atoms with E-state index in [-0.39, 0.29) is 11.8 Å². The van der Waals surface area contributed by atoms with Gasteiger partial charge >= 0.3 is 0 Å². The number of rotatable bonds is 6. The number of carbonyl (C=O) groups excluding carboxylic acids is 2. The molecule has 1 fully saturated rings. The van der Waals surface area contributed by atoms with Crippen molar-refractivity contribution in [1.82, 2.24) is 9.80 Å². The average Bonchev–Trinajstić information content (AvgIpc) is 2.86. The molecule has 0 spiro atoms. The molecule has 6 nitrogen and oxygen atoms in total. The molecule has 0 radical (unpaired) electrons. The van der Waals surface area contributed by atoms with E-state index in [0.717, 1.165) is 16.7 Å². The monoisotopic (exact) mass is 444 g/mol. The highest BCUT2D eigenvalue weighted by Crippen LogP contribution is 2.33. The summed E-state index contributed by atoms with van der Waals surface area (Å²) in [6.07, 6.45) is 0.423. The zero-order chi connectivity index (χ0) is 23.4. The highest BCUT2D eigenvalue weighted by Gasteiger charge is 2.37. The summed E-state index contributed by atoms with van der Waals surface area (Å²) in [5.74, 6) is 0.545. The van der Waals surface area contributed by atoms with Gasteiger partial charge in [0.05, 0.1) is 19.8 Å². The summed E-state index contributed by atoms with van der Waals surface area (Å²) >= 11 is 0. The second-order valence-electron chi connectivity index (χ2n) is 8.04. The Morgan fingerprint density at radius 3 is 2.36 bits per heavy atom. The van der Waals surface area contributed by atoms with E-state index in [2.05, 4.69) is 18.2 Å². The molecule has 0 bridgehead atoms. The normalized spacial score (nSPS) is 16.0. The number of hydrogen-bond acceptors (Lipinski definition) is 4. The molecule has 0 N–H and O–H groups in total. The standard InChI is InChI=1S/C27H28N2O4/c1-28-16-17-29(26(30)22-14-9-15-24(32-2)25(22)33-3)23(27(28)31)18-20-12-7-8-13-21(20)19-10-5-4-6-11-19/h4-15,23H,16-18H2,1-3H3/t23-/m1/s1. The van der Waals surface area contributed by atoms with Crippen LogP contribution in [0.15, 0.2) is 72.8 Å². The van der Waals surface area contributed by atoms with Crippen molar-refractivity contribution in [3.8, 4) is 22.6 Å². The first-order valence-corrected chi connectivity index (χ1v) is 11.0. The quantitative estimate of drug-likeness (QED) is 0.579. The van der Waals surface area contributed by atoms with E-state index in [0.29, 0.717) is 36.6 Å². The maximum atomic E-state index is 13.7. The van der Waals surface area contributed by atoms with Gasteiger partial charge < -0.3 is 19.3 Å². The van der Waals surface area contributed by atoms with Gasteiger partial charge in [-0.15, -0.1) is 0 Å². The molecule has 0 aliphatic carbocycles. The number of amides is 2. The molecule has 1 saturated heterocycles. The van der Waals surface area contributed by atoms with Crippen LogP contribution in [0.5, 0.6) is 11.5 Å². The molecular formula is C27H28N2O4. The minimum atomic E-state index is -0.614. The van der Waals surface area contributed by atoms with E-state index in [9.17, 15) is 9.59 Å². The molecule has 0 unspecified atom stereocenters. The van der Waals surface area contributed by atoms with Gasteiger partial charge in [-0.2, -0.15) is 0 Å². The third-order valence-electron chi connectivity index (χ3n) is 6.12. The van der Waals surface area contributed by atoms with Crippen molar-refractivity contribution in [3.05, 3.63) is 83.9 Å². The lowest BCUT2D eigenvalue weighted by atomic mass is 9.93. The SMILES string of the molecule is COc1cccc(C(=O)N2CCN(C)C(=O)[C@H]2Cc2ccccc2-c2ccccc2)c1OC. The van der Waals surface area contributed by atoms with Crippen LogP contribution in [-0.2, 0) is 11.2 Å². The summed E-state index contributed by atoms with van der Waals surface area (Å²) in [5, 5.41) is 0. The first kappa shape index (κ1) is 22.4. The Kier molecular flexibility index (Phi) is 6.63. The molecule has 4 rings (SSSR count). The molecule has 3 aromatic carbocycles. The van der Waals surface area contributed by atoms with Gasteiger partial charge in [-0.1, -0.05) is 60.7 Å². The predicted octanol–water partition coefficient (Wildman–Crippen LogP) is 3.90. The molecule has 170 valence electrons. The zero-order valence-corrected chi connectivity index (χ0v) is 19.2. The highest BCUT2D eigenvalue weighted by atomic mass is 16.5. The van der Waals surface area contributed by atoms with Gasteiger partial charge in [0.1, 0.15) is 6.04 Å². The largest absolute Gasteiger partial charge is 0.493 e. The van der Waals surface area contributed by atoms with Gasteiger partial charge in [-0.3, -0.25) is 9.59 Å². The maximum absolute atomic E-state index is 13.7. The van der Waals surface area contributed by atoms with Crippen LogP contribution < -0.4 is 9.47 Å². The van der Waals surface area contributed by atoms with Crippen LogP contribution in [-0.4, -0.2) is 62.0 Å². The van der Waals surface area contributed by atoms with E-state index >= 15 is 0 Å². The number of piperazine rings is 1. The van der Waals surface area contributed by atoms with E-state index in [1.165, 1.54) is 14.2 Å². The van der Waals surface area contributed by atoms with Crippen molar-refractivity contribution in [2.24, 2.45) is 0 Å². The summed E-state index contributed by atoms with van der Waals surface area (Å²) < 4.78 is 10.9. The van der Waals surface area contributed by atoms with Gasteiger partial charge in [-0.05, 0) is 28.8 Å². The van der Waals surface area contributed by atoms with Crippen molar-refractivity contribution < 1.29 is 19.1 Å². The van der Waals surface area contributed by atoms with Gasteiger partial charge in [0, 0.05) is 26.6 Å². The molecule has 1 heterocycles. The first-order chi connectivity index (χ1) is 16.0. The second-order valence-corrected chi connectivity index (χ2v) is 8.04. The zero-order valence-electron chi connectivity index (χ0n) is 19.2. The number of benzene rings is 3. The minimum Gasteiger partial charge on any atom is -0.493 e. The van der Waals surface area contributed by atoms with Crippen LogP contribution in [0, 0.1) is 0 Å². The highest BCUT2D eigenvalue weighted by molar-refractivity contribution is 6.01. The molecule has 1 atom stereocenters. The summed E-state index contributed by atoms with van der Waals surface area (Å²) in [6.45, 7) is 0.924. The van der Waals surface area contributed by atoms with Crippen molar-refractivity contribution >= 4 is 11.8 Å². The number of para-hydroxylation sites is 1. The number of carbonyl (C=O) groups is 2. The number of ether oxygens (including phenoxy) is 2. The van der Waals surface area contributed by atoms with Crippen molar-refractivity contribution in [1.29, 1.82) is 0 Å². The molecule has 33 heavy (non-hydrogen) atoms. The van der Waals surface area contributed by atoms with Crippen molar-refractivity contribution in [2.75, 3.05) is 34.4 Å². The van der Waals surface area contributed by atoms with E-state index in [4.69, 9.17) is 9.47 Å². The lowest BCUT2D eigenvalue weighted by Gasteiger charge is -2.39. The van der Waals surface area contributed by atoms with E-state index < -0.39 is 6.04 Å². The Morgan fingerprint density at radius 2 is 1.64 bits per heavy atom. The third kappa shape index (κ3) is 4.42. The third-order valence-corrected chi connectivity index (χ3v) is 6.12. The van der Waals surface area contributed by atoms with E-state index in [1.807, 2.05) is 36.4 Å². The van der Waals surface area contributed by atoms with Crippen molar-refractivity contribution in [2.45, 2.75) is 12.5 Å². The fraction of sp³-hybridized carbons (Fsp3) is 0.259. The Hall–Kier alpha value is -3.80. The van der Waals surface area contributed by atoms with Crippen LogP contribution in [0.3, 0.4) is 0 Å². The topological polar surface area (TPSA) is 59.1 Å². The minimum absolute atomic E-state index is 0.0701. The van der Waals surface area contributed by atoms with Crippen LogP contribution in [0.25, 0.3) is 11.1 Å². The van der Waals surface area contributed by atoms with Crippen LogP contribution >= 0.6 is 0 Å². The summed E-state index contributed by atoms with van der Waals surface area (Å²) in [5.41, 5.74) is 3.55. The van der Waals surface area contributed by atoms with Gasteiger partial charge in [0.25, 0.3) is 5.91 Å². The maximum Gasteiger partial charge on any atom is 0.258 e. The van der Waals surface area contributed by atoms with Gasteiger partial charge in [-0.25, -0.2) is 0 Å². The number of likely N-dealkylation sites (N-methyl/N-ethyl adjacent to an activating group) is 1. The smallest absolute Gasteiger partial charge is 0.258 e. The molecular weight excluding hydrogens is 416 g/mol. The molecule has 1 aliphatic rings. The Labute approximate surface area is 194 Å². The lowest BCUT2D eigenvalue weighted by molar-refractivity contribution is -0.138. The lowest BCUT2D eigenvalue weighted by Crippen LogP contribution is -2.58. The predicted molar refractivity (Wildman–Crippen MR) is 128 cm³/mol. The Balaban J connectivity index is 1.71. The summed E-state index contributed by atoms with van der Waals surface area (Å²) in [7, 11) is 4.83. The fourth-order valence-electron chi connectivity index (χ4n) is 4.37. The van der Waals surface area contributed by atoms with Crippen molar-refractivity contribution in [3.63, 3.8) is 0 Å². The summed E-state index contributed by atoms with van der Waals surface area (Å²) in [6, 6.07) is 22.7. The first-order valence-electron chi connectivity index (χ1n) is 11.0. The number of methoxy groups -OCH3 is 2. The van der Waals surface area contributed by atoms with Crippen LogP contribution in [0.2, 0.25) is 0 Å². The number of hydrogen-bond donors (Lipinski definition) is 0.